The zero-order chi connectivity index (χ0) is 18.1. The van der Waals surface area contributed by atoms with Gasteiger partial charge in [0.2, 0.25) is 0 Å². The van der Waals surface area contributed by atoms with Crippen LogP contribution in [-0.4, -0.2) is 10.9 Å². The van der Waals surface area contributed by atoms with E-state index in [0.29, 0.717) is 10.7 Å². The third kappa shape index (κ3) is 3.00. The third-order valence-corrected chi connectivity index (χ3v) is 4.84. The summed E-state index contributed by atoms with van der Waals surface area (Å²) in [7, 11) is 0. The Kier molecular flexibility index (Phi) is 4.27. The van der Waals surface area contributed by atoms with Crippen LogP contribution in [0.5, 0.6) is 0 Å². The number of hydrogen-bond acceptors (Lipinski definition) is 2. The van der Waals surface area contributed by atoms with Crippen molar-refractivity contribution in [3.05, 3.63) is 89.5 Å². The molecule has 3 nitrogen and oxygen atoms in total. The van der Waals surface area contributed by atoms with Gasteiger partial charge >= 0.3 is 0 Å². The lowest BCUT2D eigenvalue weighted by Gasteiger charge is -2.31. The Hall–Kier alpha value is -2.98. The lowest BCUT2D eigenvalue weighted by atomic mass is 9.89. The quantitative estimate of drug-likeness (QED) is 0.683. The van der Waals surface area contributed by atoms with Gasteiger partial charge in [-0.25, -0.2) is 0 Å². The molecule has 4 heteroatoms. The van der Waals surface area contributed by atoms with Crippen molar-refractivity contribution in [1.82, 2.24) is 10.6 Å². The van der Waals surface area contributed by atoms with Crippen LogP contribution in [0.2, 0.25) is 0 Å². The molecule has 0 fully saturated rings. The predicted octanol–water partition coefficient (Wildman–Crippen LogP) is 4.36. The van der Waals surface area contributed by atoms with Crippen molar-refractivity contribution in [2.24, 2.45) is 0 Å². The second kappa shape index (κ2) is 6.73. The van der Waals surface area contributed by atoms with Gasteiger partial charge in [-0.05, 0) is 47.1 Å². The van der Waals surface area contributed by atoms with Gasteiger partial charge in [-0.2, -0.15) is 0 Å². The molecule has 0 aromatic heterocycles. The first-order valence-corrected chi connectivity index (χ1v) is 8.91. The average molecular weight is 358 g/mol. The van der Waals surface area contributed by atoms with Gasteiger partial charge < -0.3 is 10.6 Å². The number of ketones is 1. The summed E-state index contributed by atoms with van der Waals surface area (Å²) < 4.78 is 0. The van der Waals surface area contributed by atoms with Crippen LogP contribution in [0.3, 0.4) is 0 Å². The van der Waals surface area contributed by atoms with Gasteiger partial charge in [0.05, 0.1) is 11.7 Å². The highest BCUT2D eigenvalue weighted by Crippen LogP contribution is 2.32. The minimum atomic E-state index is -0.277. The van der Waals surface area contributed by atoms with Crippen molar-refractivity contribution >= 4 is 39.6 Å². The molecular weight excluding hydrogens is 340 g/mol. The van der Waals surface area contributed by atoms with Crippen molar-refractivity contribution in [3.8, 4) is 0 Å². The summed E-state index contributed by atoms with van der Waals surface area (Å²) in [6.45, 7) is 1.60. The molecule has 0 amide bonds. The molecular formula is C22H18N2OS. The van der Waals surface area contributed by atoms with Crippen LogP contribution in [-0.2, 0) is 4.79 Å². The maximum absolute atomic E-state index is 12.6. The van der Waals surface area contributed by atoms with E-state index in [1.54, 1.807) is 6.92 Å². The smallest absolute Gasteiger partial charge is 0.171 e. The summed E-state index contributed by atoms with van der Waals surface area (Å²) in [6.07, 6.45) is 0. The Balaban J connectivity index is 1.90. The second-order valence-electron chi connectivity index (χ2n) is 6.35. The van der Waals surface area contributed by atoms with E-state index < -0.39 is 0 Å². The number of rotatable bonds is 3. The minimum Gasteiger partial charge on any atom is -0.351 e. The van der Waals surface area contributed by atoms with Gasteiger partial charge in [-0.3, -0.25) is 4.79 Å². The first kappa shape index (κ1) is 16.5. The average Bonchev–Trinajstić information content (AvgIpc) is 2.67. The Bertz CT molecular complexity index is 1040. The normalized spacial score (nSPS) is 17.0. The van der Waals surface area contributed by atoms with Crippen LogP contribution in [0.4, 0.5) is 0 Å². The van der Waals surface area contributed by atoms with Crippen molar-refractivity contribution < 1.29 is 4.79 Å². The molecule has 0 unspecified atom stereocenters. The van der Waals surface area contributed by atoms with E-state index in [4.69, 9.17) is 12.2 Å². The van der Waals surface area contributed by atoms with Crippen LogP contribution in [0, 0.1) is 0 Å². The molecule has 0 saturated heterocycles. The third-order valence-electron chi connectivity index (χ3n) is 4.62. The van der Waals surface area contributed by atoms with Crippen LogP contribution in [0.1, 0.15) is 24.1 Å². The highest BCUT2D eigenvalue weighted by Gasteiger charge is 2.30. The molecule has 0 bridgehead atoms. The van der Waals surface area contributed by atoms with E-state index in [9.17, 15) is 4.79 Å². The molecule has 1 atom stereocenters. The molecule has 1 aliphatic rings. The highest BCUT2D eigenvalue weighted by molar-refractivity contribution is 7.80. The number of Topliss-reactive ketones (excluding diaryl/α,β-unsaturated/α-hetero) is 1. The minimum absolute atomic E-state index is 0.0181. The fourth-order valence-electron chi connectivity index (χ4n) is 3.41. The molecule has 2 N–H and O–H groups in total. The largest absolute Gasteiger partial charge is 0.351 e. The first-order chi connectivity index (χ1) is 12.6. The Labute approximate surface area is 157 Å². The van der Waals surface area contributed by atoms with E-state index in [0.717, 1.165) is 22.2 Å². The zero-order valence-electron chi connectivity index (χ0n) is 14.3. The molecule has 3 aromatic carbocycles. The fourth-order valence-corrected chi connectivity index (χ4v) is 3.63. The van der Waals surface area contributed by atoms with Gasteiger partial charge in [0.1, 0.15) is 0 Å². The molecule has 128 valence electrons. The van der Waals surface area contributed by atoms with E-state index in [1.165, 1.54) is 5.39 Å². The van der Waals surface area contributed by atoms with Gasteiger partial charge in [0.25, 0.3) is 0 Å². The lowest BCUT2D eigenvalue weighted by molar-refractivity contribution is -0.113. The summed E-state index contributed by atoms with van der Waals surface area (Å²) in [5, 5.41) is 9.28. The summed E-state index contributed by atoms with van der Waals surface area (Å²) in [6, 6.07) is 24.0. The summed E-state index contributed by atoms with van der Waals surface area (Å²) in [4.78, 5) is 12.6. The van der Waals surface area contributed by atoms with E-state index in [1.807, 2.05) is 42.5 Å². The number of thiocarbonyl (C=S) groups is 1. The molecule has 0 spiro atoms. The predicted molar refractivity (Wildman–Crippen MR) is 110 cm³/mol. The summed E-state index contributed by atoms with van der Waals surface area (Å²) >= 11 is 5.43. The SMILES string of the molecule is CC(=O)C1=C(c2ccccc2)NC(=S)N[C@H]1c1ccc2ccccc2c1. The maximum atomic E-state index is 12.6. The molecule has 0 radical (unpaired) electrons. The van der Waals surface area contributed by atoms with Crippen molar-refractivity contribution in [1.29, 1.82) is 0 Å². The molecule has 1 aliphatic heterocycles. The number of fused-ring (bicyclic) bond motifs is 1. The van der Waals surface area contributed by atoms with Gasteiger partial charge in [-0.15, -0.1) is 0 Å². The zero-order valence-corrected chi connectivity index (χ0v) is 15.1. The number of carbonyl (C=O) groups excluding carboxylic acids is 1. The van der Waals surface area contributed by atoms with E-state index in [2.05, 4.69) is 41.0 Å². The fraction of sp³-hybridized carbons (Fsp3) is 0.0909. The Morgan fingerprint density at radius 3 is 2.35 bits per heavy atom. The van der Waals surface area contributed by atoms with Gasteiger partial charge in [-0.1, -0.05) is 66.7 Å². The highest BCUT2D eigenvalue weighted by atomic mass is 32.1. The monoisotopic (exact) mass is 358 g/mol. The van der Waals surface area contributed by atoms with Gasteiger partial charge in [0, 0.05) is 5.57 Å². The van der Waals surface area contributed by atoms with Crippen molar-refractivity contribution in [2.75, 3.05) is 0 Å². The molecule has 3 aromatic rings. The van der Waals surface area contributed by atoms with E-state index >= 15 is 0 Å². The standard InChI is InChI=1S/C22H18N2OS/c1-14(25)19-20(16-8-3-2-4-9-16)23-22(26)24-21(19)18-12-11-15-7-5-6-10-17(15)13-18/h2-13,21H,1H3,(H2,23,24,26)/t21-/m0/s1. The number of hydrogen-bond donors (Lipinski definition) is 2. The van der Waals surface area contributed by atoms with Crippen LogP contribution >= 0.6 is 12.2 Å². The summed E-state index contributed by atoms with van der Waals surface area (Å²) in [5.41, 5.74) is 3.44. The number of benzene rings is 3. The molecule has 0 saturated carbocycles. The molecule has 1 heterocycles. The topological polar surface area (TPSA) is 41.1 Å². The summed E-state index contributed by atoms with van der Waals surface area (Å²) in [5.74, 6) is 0.0181. The second-order valence-corrected chi connectivity index (χ2v) is 6.76. The van der Waals surface area contributed by atoms with Crippen LogP contribution in [0.25, 0.3) is 16.5 Å². The van der Waals surface area contributed by atoms with Gasteiger partial charge in [0.15, 0.2) is 10.9 Å². The Morgan fingerprint density at radius 1 is 0.923 bits per heavy atom. The van der Waals surface area contributed by atoms with E-state index in [-0.39, 0.29) is 11.8 Å². The lowest BCUT2D eigenvalue weighted by Crippen LogP contribution is -2.44. The molecule has 4 rings (SSSR count). The van der Waals surface area contributed by atoms with Crippen molar-refractivity contribution in [2.45, 2.75) is 13.0 Å². The van der Waals surface area contributed by atoms with Crippen molar-refractivity contribution in [3.63, 3.8) is 0 Å². The first-order valence-electron chi connectivity index (χ1n) is 8.50. The maximum Gasteiger partial charge on any atom is 0.171 e. The molecule has 0 aliphatic carbocycles. The van der Waals surface area contributed by atoms with Crippen LogP contribution < -0.4 is 10.6 Å². The number of carbonyl (C=O) groups is 1. The number of nitrogens with one attached hydrogen (secondary N) is 2. The Morgan fingerprint density at radius 2 is 1.62 bits per heavy atom. The van der Waals surface area contributed by atoms with Crippen LogP contribution in [0.15, 0.2) is 78.4 Å². The molecule has 26 heavy (non-hydrogen) atoms.